The predicted molar refractivity (Wildman–Crippen MR) is 66.6 cm³/mol. The number of amides is 1. The molecule has 16 heavy (non-hydrogen) atoms. The maximum absolute atomic E-state index is 11.4. The maximum Gasteiger partial charge on any atom is 0.233 e. The van der Waals surface area contributed by atoms with Crippen LogP contribution >= 0.6 is 11.3 Å². The molecule has 1 saturated carbocycles. The first-order chi connectivity index (χ1) is 7.84. The molecule has 1 fully saturated rings. The zero-order chi connectivity index (χ0) is 11.2. The van der Waals surface area contributed by atoms with Gasteiger partial charge in [0.25, 0.3) is 0 Å². The van der Waals surface area contributed by atoms with Gasteiger partial charge in [0.15, 0.2) is 0 Å². The molecule has 88 valence electrons. The van der Waals surface area contributed by atoms with Crippen molar-refractivity contribution in [3.05, 3.63) is 22.4 Å². The Hall–Kier alpha value is -0.870. The lowest BCUT2D eigenvalue weighted by Gasteiger charge is -2.05. The van der Waals surface area contributed by atoms with Crippen molar-refractivity contribution in [3.8, 4) is 0 Å². The summed E-state index contributed by atoms with van der Waals surface area (Å²) in [4.78, 5) is 11.4. The Kier molecular flexibility index (Phi) is 4.36. The van der Waals surface area contributed by atoms with Crippen molar-refractivity contribution >= 4 is 17.2 Å². The van der Waals surface area contributed by atoms with Crippen LogP contribution in [0.25, 0.3) is 0 Å². The number of thiophene rings is 1. The summed E-state index contributed by atoms with van der Waals surface area (Å²) in [6.07, 6.45) is 3.58. The van der Waals surface area contributed by atoms with Crippen molar-refractivity contribution < 1.29 is 4.79 Å². The number of hydrogen-bond acceptors (Lipinski definition) is 3. The van der Waals surface area contributed by atoms with Crippen LogP contribution in [-0.4, -0.2) is 25.5 Å². The first-order valence-corrected chi connectivity index (χ1v) is 6.77. The van der Waals surface area contributed by atoms with Gasteiger partial charge in [-0.25, -0.2) is 0 Å². The molecule has 0 aliphatic heterocycles. The van der Waals surface area contributed by atoms with Gasteiger partial charge >= 0.3 is 0 Å². The fourth-order valence-electron chi connectivity index (χ4n) is 1.56. The molecule has 1 aromatic rings. The predicted octanol–water partition coefficient (Wildman–Crippen LogP) is 1.41. The van der Waals surface area contributed by atoms with Crippen molar-refractivity contribution in [2.24, 2.45) is 5.92 Å². The quantitative estimate of drug-likeness (QED) is 0.754. The van der Waals surface area contributed by atoms with Gasteiger partial charge in [0.1, 0.15) is 0 Å². The van der Waals surface area contributed by atoms with Crippen molar-refractivity contribution in [2.75, 3.05) is 19.6 Å². The van der Waals surface area contributed by atoms with E-state index in [1.54, 1.807) is 11.3 Å². The lowest BCUT2D eigenvalue weighted by molar-refractivity contribution is -0.120. The molecule has 0 radical (unpaired) electrons. The molecule has 1 aliphatic carbocycles. The highest BCUT2D eigenvalue weighted by Crippen LogP contribution is 2.27. The van der Waals surface area contributed by atoms with Gasteiger partial charge in [-0.2, -0.15) is 11.3 Å². The Balaban J connectivity index is 1.49. The Morgan fingerprint density at radius 2 is 2.38 bits per heavy atom. The van der Waals surface area contributed by atoms with Crippen LogP contribution in [0, 0.1) is 5.92 Å². The van der Waals surface area contributed by atoms with Crippen molar-refractivity contribution in [1.29, 1.82) is 0 Å². The molecule has 0 spiro atoms. The fraction of sp³-hybridized carbons (Fsp3) is 0.583. The highest BCUT2D eigenvalue weighted by molar-refractivity contribution is 7.07. The summed E-state index contributed by atoms with van der Waals surface area (Å²) in [5.74, 6) is 0.939. The summed E-state index contributed by atoms with van der Waals surface area (Å²) in [5.41, 5.74) is 1.30. The van der Waals surface area contributed by atoms with Gasteiger partial charge in [-0.3, -0.25) is 4.79 Å². The molecule has 4 heteroatoms. The molecule has 1 heterocycles. The Bertz CT molecular complexity index is 320. The third kappa shape index (κ3) is 4.33. The summed E-state index contributed by atoms with van der Waals surface area (Å²) in [6.45, 7) is 2.19. The third-order valence-corrected chi connectivity index (χ3v) is 3.46. The van der Waals surface area contributed by atoms with E-state index in [9.17, 15) is 4.79 Å². The van der Waals surface area contributed by atoms with Gasteiger partial charge in [-0.1, -0.05) is 0 Å². The van der Waals surface area contributed by atoms with E-state index in [4.69, 9.17) is 0 Å². The minimum atomic E-state index is 0.107. The lowest BCUT2D eigenvalue weighted by atomic mass is 10.2. The maximum atomic E-state index is 11.4. The van der Waals surface area contributed by atoms with E-state index in [2.05, 4.69) is 27.5 Å². The fourth-order valence-corrected chi connectivity index (χ4v) is 2.26. The second-order valence-electron chi connectivity index (χ2n) is 4.31. The number of carbonyl (C=O) groups is 1. The Labute approximate surface area is 100 Å². The second kappa shape index (κ2) is 6.01. The molecule has 0 unspecified atom stereocenters. The summed E-state index contributed by atoms with van der Waals surface area (Å²) >= 11 is 1.70. The minimum Gasteiger partial charge on any atom is -0.355 e. The van der Waals surface area contributed by atoms with Crippen LogP contribution in [0.15, 0.2) is 16.8 Å². The van der Waals surface area contributed by atoms with E-state index in [0.717, 1.165) is 25.4 Å². The zero-order valence-electron chi connectivity index (χ0n) is 9.37. The monoisotopic (exact) mass is 238 g/mol. The smallest absolute Gasteiger partial charge is 0.233 e. The normalized spacial score (nSPS) is 15.0. The summed E-state index contributed by atoms with van der Waals surface area (Å²) < 4.78 is 0. The van der Waals surface area contributed by atoms with E-state index < -0.39 is 0 Å². The lowest BCUT2D eigenvalue weighted by Crippen LogP contribution is -2.35. The van der Waals surface area contributed by atoms with Crippen LogP contribution in [-0.2, 0) is 11.2 Å². The summed E-state index contributed by atoms with van der Waals surface area (Å²) in [6, 6.07) is 2.10. The molecular weight excluding hydrogens is 220 g/mol. The van der Waals surface area contributed by atoms with Crippen LogP contribution in [0.4, 0.5) is 0 Å². The van der Waals surface area contributed by atoms with Gasteiger partial charge < -0.3 is 10.6 Å². The molecule has 3 nitrogen and oxygen atoms in total. The van der Waals surface area contributed by atoms with Crippen LogP contribution < -0.4 is 10.6 Å². The van der Waals surface area contributed by atoms with Crippen molar-refractivity contribution in [2.45, 2.75) is 19.3 Å². The van der Waals surface area contributed by atoms with Crippen LogP contribution in [0.3, 0.4) is 0 Å². The second-order valence-corrected chi connectivity index (χ2v) is 5.09. The number of carbonyl (C=O) groups excluding carboxylic acids is 1. The third-order valence-electron chi connectivity index (χ3n) is 2.73. The zero-order valence-corrected chi connectivity index (χ0v) is 10.2. The van der Waals surface area contributed by atoms with E-state index in [-0.39, 0.29) is 5.91 Å². The van der Waals surface area contributed by atoms with E-state index in [1.807, 2.05) is 0 Å². The average molecular weight is 238 g/mol. The minimum absolute atomic E-state index is 0.107. The largest absolute Gasteiger partial charge is 0.355 e. The highest BCUT2D eigenvalue weighted by atomic mass is 32.1. The van der Waals surface area contributed by atoms with Gasteiger partial charge in [-0.05, 0) is 54.1 Å². The summed E-state index contributed by atoms with van der Waals surface area (Å²) in [7, 11) is 0. The SMILES string of the molecule is O=C(CNCC1CC1)NCCc1ccsc1. The van der Waals surface area contributed by atoms with Crippen molar-refractivity contribution in [1.82, 2.24) is 10.6 Å². The van der Waals surface area contributed by atoms with Crippen LogP contribution in [0.2, 0.25) is 0 Å². The Morgan fingerprint density at radius 1 is 1.50 bits per heavy atom. The molecule has 1 aliphatic rings. The van der Waals surface area contributed by atoms with E-state index in [1.165, 1.54) is 18.4 Å². The van der Waals surface area contributed by atoms with Crippen LogP contribution in [0.1, 0.15) is 18.4 Å². The highest BCUT2D eigenvalue weighted by Gasteiger charge is 2.20. The van der Waals surface area contributed by atoms with Gasteiger partial charge in [0.2, 0.25) is 5.91 Å². The standard InChI is InChI=1S/C12H18N2OS/c15-12(8-13-7-10-1-2-10)14-5-3-11-4-6-16-9-11/h4,6,9-10,13H,1-3,5,7-8H2,(H,14,15). The molecule has 0 atom stereocenters. The van der Waals surface area contributed by atoms with Crippen LogP contribution in [0.5, 0.6) is 0 Å². The van der Waals surface area contributed by atoms with E-state index in [0.29, 0.717) is 6.54 Å². The number of nitrogens with one attached hydrogen (secondary N) is 2. The van der Waals surface area contributed by atoms with E-state index >= 15 is 0 Å². The Morgan fingerprint density at radius 3 is 3.06 bits per heavy atom. The first kappa shape index (κ1) is 11.6. The molecule has 2 N–H and O–H groups in total. The molecule has 0 bridgehead atoms. The topological polar surface area (TPSA) is 41.1 Å². The molecule has 0 saturated heterocycles. The van der Waals surface area contributed by atoms with Gasteiger partial charge in [0, 0.05) is 6.54 Å². The molecule has 1 amide bonds. The van der Waals surface area contributed by atoms with Gasteiger partial charge in [-0.15, -0.1) is 0 Å². The first-order valence-electron chi connectivity index (χ1n) is 5.83. The van der Waals surface area contributed by atoms with Gasteiger partial charge in [0.05, 0.1) is 6.54 Å². The molecule has 1 aromatic heterocycles. The number of rotatable bonds is 7. The molecular formula is C12H18N2OS. The molecule has 0 aromatic carbocycles. The van der Waals surface area contributed by atoms with Crippen molar-refractivity contribution in [3.63, 3.8) is 0 Å². The average Bonchev–Trinajstić information content (AvgIpc) is 2.94. The summed E-state index contributed by atoms with van der Waals surface area (Å²) in [5, 5.41) is 10.3. The number of hydrogen-bond donors (Lipinski definition) is 2. The molecule has 2 rings (SSSR count).